The third-order valence-corrected chi connectivity index (χ3v) is 3.44. The lowest BCUT2D eigenvalue weighted by atomic mass is 10.1. The zero-order valence-corrected chi connectivity index (χ0v) is 10.4. The van der Waals surface area contributed by atoms with Crippen LogP contribution in [0.5, 0.6) is 0 Å². The highest BCUT2D eigenvalue weighted by atomic mass is 32.2. The Morgan fingerprint density at radius 1 is 1.06 bits per heavy atom. The molecule has 2 N–H and O–H groups in total. The standard InChI is InChI=1S/C14H14FNS/c1-10(16)11-5-7-13(8-6-11)17-14-4-2-3-12(15)9-14/h2-10H,16H2,1H3. The molecule has 2 rings (SSSR count). The van der Waals surface area contributed by atoms with E-state index in [-0.39, 0.29) is 11.9 Å². The molecule has 3 heteroatoms. The molecule has 88 valence electrons. The van der Waals surface area contributed by atoms with E-state index in [1.807, 2.05) is 37.3 Å². The van der Waals surface area contributed by atoms with E-state index in [0.29, 0.717) is 0 Å². The van der Waals surface area contributed by atoms with Crippen LogP contribution in [-0.2, 0) is 0 Å². The normalized spacial score (nSPS) is 12.4. The molecule has 0 saturated heterocycles. The van der Waals surface area contributed by atoms with Gasteiger partial charge in [0.2, 0.25) is 0 Å². The number of halogens is 1. The van der Waals surface area contributed by atoms with Gasteiger partial charge in [-0.05, 0) is 42.8 Å². The predicted octanol–water partition coefficient (Wildman–Crippen LogP) is 4.00. The van der Waals surface area contributed by atoms with E-state index in [1.54, 1.807) is 17.8 Å². The fourth-order valence-electron chi connectivity index (χ4n) is 1.51. The van der Waals surface area contributed by atoms with Gasteiger partial charge in [0.25, 0.3) is 0 Å². The average molecular weight is 247 g/mol. The van der Waals surface area contributed by atoms with Gasteiger partial charge in [-0.25, -0.2) is 4.39 Å². The van der Waals surface area contributed by atoms with Crippen LogP contribution in [0.15, 0.2) is 58.3 Å². The molecular formula is C14H14FNS. The van der Waals surface area contributed by atoms with Gasteiger partial charge in [0.1, 0.15) is 5.82 Å². The first-order valence-electron chi connectivity index (χ1n) is 5.44. The Bertz CT molecular complexity index is 494. The van der Waals surface area contributed by atoms with E-state index < -0.39 is 0 Å². The van der Waals surface area contributed by atoms with Crippen LogP contribution < -0.4 is 5.73 Å². The lowest BCUT2D eigenvalue weighted by molar-refractivity contribution is 0.624. The molecule has 0 heterocycles. The Morgan fingerprint density at radius 3 is 2.35 bits per heavy atom. The summed E-state index contributed by atoms with van der Waals surface area (Å²) in [5.74, 6) is -0.206. The first-order chi connectivity index (χ1) is 8.15. The van der Waals surface area contributed by atoms with Crippen molar-refractivity contribution in [1.29, 1.82) is 0 Å². The highest BCUT2D eigenvalue weighted by Crippen LogP contribution is 2.28. The summed E-state index contributed by atoms with van der Waals surface area (Å²) in [5.41, 5.74) is 6.89. The van der Waals surface area contributed by atoms with Gasteiger partial charge in [0, 0.05) is 15.8 Å². The molecule has 0 saturated carbocycles. The van der Waals surface area contributed by atoms with Crippen molar-refractivity contribution in [2.75, 3.05) is 0 Å². The molecule has 0 aromatic heterocycles. The monoisotopic (exact) mass is 247 g/mol. The third-order valence-electron chi connectivity index (χ3n) is 2.44. The second-order valence-corrected chi connectivity index (χ2v) is 5.06. The summed E-state index contributed by atoms with van der Waals surface area (Å²) in [4.78, 5) is 1.98. The zero-order chi connectivity index (χ0) is 12.3. The summed E-state index contributed by atoms with van der Waals surface area (Å²) in [6, 6.07) is 14.7. The lowest BCUT2D eigenvalue weighted by Gasteiger charge is -2.06. The Kier molecular flexibility index (Phi) is 3.82. The molecule has 0 radical (unpaired) electrons. The molecule has 0 aliphatic rings. The van der Waals surface area contributed by atoms with Crippen molar-refractivity contribution in [1.82, 2.24) is 0 Å². The largest absolute Gasteiger partial charge is 0.324 e. The van der Waals surface area contributed by atoms with Crippen LogP contribution in [0.2, 0.25) is 0 Å². The second-order valence-electron chi connectivity index (χ2n) is 3.92. The number of nitrogens with two attached hydrogens (primary N) is 1. The van der Waals surface area contributed by atoms with Gasteiger partial charge in [-0.15, -0.1) is 0 Å². The molecule has 17 heavy (non-hydrogen) atoms. The summed E-state index contributed by atoms with van der Waals surface area (Å²) in [5, 5.41) is 0. The van der Waals surface area contributed by atoms with Gasteiger partial charge in [-0.2, -0.15) is 0 Å². The summed E-state index contributed by atoms with van der Waals surface area (Å²) >= 11 is 1.54. The minimum Gasteiger partial charge on any atom is -0.324 e. The average Bonchev–Trinajstić information content (AvgIpc) is 2.29. The molecule has 0 spiro atoms. The third kappa shape index (κ3) is 3.32. The number of hydrogen-bond donors (Lipinski definition) is 1. The minimum absolute atomic E-state index is 0.0446. The van der Waals surface area contributed by atoms with Crippen molar-refractivity contribution in [3.05, 3.63) is 59.9 Å². The quantitative estimate of drug-likeness (QED) is 0.887. The maximum Gasteiger partial charge on any atom is 0.124 e. The summed E-state index contributed by atoms with van der Waals surface area (Å²) < 4.78 is 13.0. The predicted molar refractivity (Wildman–Crippen MR) is 69.6 cm³/mol. The van der Waals surface area contributed by atoms with Gasteiger partial charge in [-0.1, -0.05) is 30.0 Å². The fraction of sp³-hybridized carbons (Fsp3) is 0.143. The first kappa shape index (κ1) is 12.1. The van der Waals surface area contributed by atoms with Crippen LogP contribution >= 0.6 is 11.8 Å². The van der Waals surface area contributed by atoms with Gasteiger partial charge in [-0.3, -0.25) is 0 Å². The molecule has 0 amide bonds. The second kappa shape index (κ2) is 5.34. The molecule has 1 atom stereocenters. The SMILES string of the molecule is CC(N)c1ccc(Sc2cccc(F)c2)cc1. The smallest absolute Gasteiger partial charge is 0.124 e. The number of rotatable bonds is 3. The highest BCUT2D eigenvalue weighted by molar-refractivity contribution is 7.99. The maximum atomic E-state index is 13.0. The Morgan fingerprint density at radius 2 is 1.76 bits per heavy atom. The molecule has 0 aliphatic carbocycles. The van der Waals surface area contributed by atoms with Crippen molar-refractivity contribution in [2.24, 2.45) is 5.73 Å². The minimum atomic E-state index is -0.206. The van der Waals surface area contributed by atoms with Crippen LogP contribution in [-0.4, -0.2) is 0 Å². The van der Waals surface area contributed by atoms with Gasteiger partial charge in [0.05, 0.1) is 0 Å². The van der Waals surface area contributed by atoms with Crippen molar-refractivity contribution in [3.8, 4) is 0 Å². The molecule has 1 unspecified atom stereocenters. The van der Waals surface area contributed by atoms with Crippen molar-refractivity contribution in [2.45, 2.75) is 22.8 Å². The molecule has 1 nitrogen and oxygen atoms in total. The van der Waals surface area contributed by atoms with Gasteiger partial charge in [0.15, 0.2) is 0 Å². The maximum absolute atomic E-state index is 13.0. The van der Waals surface area contributed by atoms with Crippen molar-refractivity contribution < 1.29 is 4.39 Å². The lowest BCUT2D eigenvalue weighted by Crippen LogP contribution is -2.04. The van der Waals surface area contributed by atoms with Crippen LogP contribution in [0.25, 0.3) is 0 Å². The number of benzene rings is 2. The molecule has 0 aliphatic heterocycles. The number of hydrogen-bond acceptors (Lipinski definition) is 2. The fourth-order valence-corrected chi connectivity index (χ4v) is 2.37. The van der Waals surface area contributed by atoms with E-state index in [1.165, 1.54) is 12.1 Å². The topological polar surface area (TPSA) is 26.0 Å². The van der Waals surface area contributed by atoms with E-state index in [9.17, 15) is 4.39 Å². The summed E-state index contributed by atoms with van der Waals surface area (Å²) in [7, 11) is 0. The van der Waals surface area contributed by atoms with E-state index >= 15 is 0 Å². The van der Waals surface area contributed by atoms with Crippen molar-refractivity contribution >= 4 is 11.8 Å². The van der Waals surface area contributed by atoms with Gasteiger partial charge >= 0.3 is 0 Å². The molecule has 0 bridgehead atoms. The highest BCUT2D eigenvalue weighted by Gasteiger charge is 2.01. The van der Waals surface area contributed by atoms with Crippen LogP contribution in [0.4, 0.5) is 4.39 Å². The Hall–Kier alpha value is -1.32. The first-order valence-corrected chi connectivity index (χ1v) is 6.26. The van der Waals surface area contributed by atoms with E-state index in [2.05, 4.69) is 0 Å². The Balaban J connectivity index is 2.14. The summed E-state index contributed by atoms with van der Waals surface area (Å²) in [6.07, 6.45) is 0. The Labute approximate surface area is 105 Å². The van der Waals surface area contributed by atoms with Crippen LogP contribution in [0.1, 0.15) is 18.5 Å². The van der Waals surface area contributed by atoms with Crippen LogP contribution in [0.3, 0.4) is 0 Å². The summed E-state index contributed by atoms with van der Waals surface area (Å²) in [6.45, 7) is 1.95. The van der Waals surface area contributed by atoms with Crippen molar-refractivity contribution in [3.63, 3.8) is 0 Å². The zero-order valence-electron chi connectivity index (χ0n) is 9.56. The molecular weight excluding hydrogens is 233 g/mol. The van der Waals surface area contributed by atoms with Crippen LogP contribution in [0, 0.1) is 5.82 Å². The molecule has 2 aromatic rings. The molecule has 2 aromatic carbocycles. The molecule has 0 fully saturated rings. The van der Waals surface area contributed by atoms with Gasteiger partial charge < -0.3 is 5.73 Å². The van der Waals surface area contributed by atoms with E-state index in [0.717, 1.165) is 15.4 Å². The van der Waals surface area contributed by atoms with E-state index in [4.69, 9.17) is 5.73 Å².